The van der Waals surface area contributed by atoms with E-state index in [-0.39, 0.29) is 23.4 Å². The number of amides is 1. The van der Waals surface area contributed by atoms with Crippen LogP contribution in [0, 0.1) is 5.92 Å². The third-order valence-corrected chi connectivity index (χ3v) is 8.82. The summed E-state index contributed by atoms with van der Waals surface area (Å²) in [6, 6.07) is 24.3. The third kappa shape index (κ3) is 5.89. The molecule has 0 spiro atoms. The first kappa shape index (κ1) is 28.9. The van der Waals surface area contributed by atoms with E-state index in [1.54, 1.807) is 23.3 Å². The fourth-order valence-electron chi connectivity index (χ4n) is 6.65. The predicted molar refractivity (Wildman–Crippen MR) is 171 cm³/mol. The fraction of sp³-hybridized carbons (Fsp3) is 0.400. The summed E-state index contributed by atoms with van der Waals surface area (Å²) in [4.78, 5) is 33.5. The lowest BCUT2D eigenvalue weighted by Gasteiger charge is -2.33. The van der Waals surface area contributed by atoms with Crippen LogP contribution in [0.4, 0.5) is 0 Å². The molecule has 0 saturated carbocycles. The van der Waals surface area contributed by atoms with Crippen LogP contribution in [-0.2, 0) is 29.5 Å². The Bertz CT molecular complexity index is 1780. The molecule has 1 saturated heterocycles. The number of carbonyl (C=O) groups excluding carboxylic acids is 1. The first-order valence-corrected chi connectivity index (χ1v) is 15.4. The lowest BCUT2D eigenvalue weighted by molar-refractivity contribution is -0.133. The standard InChI is InChI=1S/C35H41N5O3/c1-25(22-26-15-17-28(18-16-26)40-32-14-7-6-13-31(32)37(2)35(40)42)23-33(41)38-19-8-10-27(24-38)34-36-29-11-4-5-12-30(29)39(34)20-9-21-43-3/h4-7,11-18,25,27H,8-10,19-24H2,1-3H3/t25-,27-/m1/s1. The summed E-state index contributed by atoms with van der Waals surface area (Å²) < 4.78 is 11.1. The van der Waals surface area contributed by atoms with Gasteiger partial charge in [-0.3, -0.25) is 13.9 Å². The average Bonchev–Trinajstić information content (AvgIpc) is 3.52. The van der Waals surface area contributed by atoms with Crippen molar-refractivity contribution in [2.45, 2.75) is 51.5 Å². The van der Waals surface area contributed by atoms with Crippen LogP contribution in [0.25, 0.3) is 27.8 Å². The van der Waals surface area contributed by atoms with Gasteiger partial charge in [-0.05, 0) is 73.6 Å². The lowest BCUT2D eigenvalue weighted by atomic mass is 9.94. The molecule has 1 aliphatic rings. The Morgan fingerprint density at radius 1 is 1.00 bits per heavy atom. The Hall–Kier alpha value is -4.17. The topological polar surface area (TPSA) is 74.3 Å². The number of nitrogens with zero attached hydrogens (tertiary/aromatic N) is 5. The van der Waals surface area contributed by atoms with Gasteiger partial charge in [0.2, 0.25) is 5.91 Å². The van der Waals surface area contributed by atoms with E-state index in [4.69, 9.17) is 9.72 Å². The molecule has 224 valence electrons. The van der Waals surface area contributed by atoms with Crippen molar-refractivity contribution in [2.24, 2.45) is 13.0 Å². The molecular weight excluding hydrogens is 538 g/mol. The van der Waals surface area contributed by atoms with Crippen molar-refractivity contribution in [3.8, 4) is 5.69 Å². The first-order chi connectivity index (χ1) is 20.9. The first-order valence-electron chi connectivity index (χ1n) is 15.4. The van der Waals surface area contributed by atoms with Gasteiger partial charge in [0.15, 0.2) is 0 Å². The normalized spacial score (nSPS) is 16.3. The number of imidazole rings is 2. The van der Waals surface area contributed by atoms with E-state index in [0.29, 0.717) is 19.6 Å². The molecular formula is C35H41N5O3. The Labute approximate surface area is 252 Å². The number of aryl methyl sites for hydroxylation is 2. The summed E-state index contributed by atoms with van der Waals surface area (Å²) in [6.45, 7) is 5.24. The summed E-state index contributed by atoms with van der Waals surface area (Å²) >= 11 is 0. The Kier molecular flexibility index (Phi) is 8.47. The number of carbonyl (C=O) groups is 1. The molecule has 3 aromatic carbocycles. The molecule has 3 heterocycles. The molecule has 1 aliphatic heterocycles. The molecule has 6 rings (SSSR count). The van der Waals surface area contributed by atoms with Gasteiger partial charge in [0.05, 0.1) is 27.8 Å². The van der Waals surface area contributed by atoms with Crippen molar-refractivity contribution in [1.29, 1.82) is 0 Å². The van der Waals surface area contributed by atoms with Crippen LogP contribution in [-0.4, -0.2) is 56.3 Å². The van der Waals surface area contributed by atoms with Crippen LogP contribution >= 0.6 is 0 Å². The van der Waals surface area contributed by atoms with E-state index in [1.807, 2.05) is 42.5 Å². The maximum Gasteiger partial charge on any atom is 0.333 e. The van der Waals surface area contributed by atoms with Gasteiger partial charge in [-0.15, -0.1) is 0 Å². The maximum atomic E-state index is 13.5. The molecule has 1 fully saturated rings. The van der Waals surface area contributed by atoms with E-state index in [1.165, 1.54) is 5.56 Å². The number of piperidine rings is 1. The second-order valence-corrected chi connectivity index (χ2v) is 12.0. The zero-order valence-electron chi connectivity index (χ0n) is 25.4. The Morgan fingerprint density at radius 3 is 2.49 bits per heavy atom. The molecule has 0 aliphatic carbocycles. The van der Waals surface area contributed by atoms with E-state index in [2.05, 4.69) is 46.7 Å². The molecule has 2 aromatic heterocycles. The van der Waals surface area contributed by atoms with Gasteiger partial charge >= 0.3 is 5.69 Å². The lowest BCUT2D eigenvalue weighted by Crippen LogP contribution is -2.40. The number of likely N-dealkylation sites (tertiary alicyclic amines) is 1. The molecule has 43 heavy (non-hydrogen) atoms. The molecule has 2 atom stereocenters. The average molecular weight is 580 g/mol. The number of hydrogen-bond acceptors (Lipinski definition) is 4. The Balaban J connectivity index is 1.11. The minimum absolute atomic E-state index is 0.0571. The van der Waals surface area contributed by atoms with Crippen molar-refractivity contribution >= 4 is 28.0 Å². The number of methoxy groups -OCH3 is 1. The zero-order valence-corrected chi connectivity index (χ0v) is 25.4. The highest BCUT2D eigenvalue weighted by atomic mass is 16.5. The second-order valence-electron chi connectivity index (χ2n) is 12.0. The quantitative estimate of drug-likeness (QED) is 0.199. The summed E-state index contributed by atoms with van der Waals surface area (Å²) in [5, 5.41) is 0. The summed E-state index contributed by atoms with van der Waals surface area (Å²) in [5.41, 5.74) is 5.93. The van der Waals surface area contributed by atoms with Crippen LogP contribution in [0.1, 0.15) is 49.9 Å². The largest absolute Gasteiger partial charge is 0.385 e. The van der Waals surface area contributed by atoms with Crippen molar-refractivity contribution in [2.75, 3.05) is 26.8 Å². The van der Waals surface area contributed by atoms with Crippen molar-refractivity contribution in [1.82, 2.24) is 23.6 Å². The highest BCUT2D eigenvalue weighted by molar-refractivity contribution is 5.78. The molecule has 0 bridgehead atoms. The minimum atomic E-state index is -0.0571. The predicted octanol–water partition coefficient (Wildman–Crippen LogP) is 5.69. The maximum absolute atomic E-state index is 13.5. The van der Waals surface area contributed by atoms with Gasteiger partial charge < -0.3 is 14.2 Å². The second kappa shape index (κ2) is 12.6. The third-order valence-electron chi connectivity index (χ3n) is 8.82. The van der Waals surface area contributed by atoms with Crippen LogP contribution < -0.4 is 5.69 Å². The Morgan fingerprint density at radius 2 is 1.72 bits per heavy atom. The number of benzene rings is 3. The van der Waals surface area contributed by atoms with E-state index in [9.17, 15) is 9.59 Å². The number of para-hydroxylation sites is 4. The molecule has 5 aromatic rings. The molecule has 0 radical (unpaired) electrons. The molecule has 8 heteroatoms. The minimum Gasteiger partial charge on any atom is -0.385 e. The molecule has 0 unspecified atom stereocenters. The smallest absolute Gasteiger partial charge is 0.333 e. The number of rotatable bonds is 10. The molecule has 8 nitrogen and oxygen atoms in total. The van der Waals surface area contributed by atoms with Gasteiger partial charge in [0, 0.05) is 52.7 Å². The van der Waals surface area contributed by atoms with Gasteiger partial charge in [-0.1, -0.05) is 43.3 Å². The van der Waals surface area contributed by atoms with Crippen molar-refractivity contribution in [3.63, 3.8) is 0 Å². The van der Waals surface area contributed by atoms with Crippen molar-refractivity contribution < 1.29 is 9.53 Å². The number of hydrogen-bond donors (Lipinski definition) is 0. The fourth-order valence-corrected chi connectivity index (χ4v) is 6.65. The van der Waals surface area contributed by atoms with Gasteiger partial charge in [-0.25, -0.2) is 9.78 Å². The number of fused-ring (bicyclic) bond motifs is 2. The summed E-state index contributed by atoms with van der Waals surface area (Å²) in [6.07, 6.45) is 4.28. The highest BCUT2D eigenvalue weighted by Gasteiger charge is 2.29. The molecule has 0 N–H and O–H groups in total. The number of ether oxygens (including phenoxy) is 1. The van der Waals surface area contributed by atoms with Gasteiger partial charge in [-0.2, -0.15) is 0 Å². The SMILES string of the molecule is COCCCn1c([C@@H]2CCCN(C(=O)C[C@H](C)Cc3ccc(-n4c(=O)n(C)c5ccccc54)cc3)C2)nc2ccccc21. The van der Waals surface area contributed by atoms with Gasteiger partial charge in [0.1, 0.15) is 5.82 Å². The van der Waals surface area contributed by atoms with E-state index < -0.39 is 0 Å². The van der Waals surface area contributed by atoms with Crippen LogP contribution in [0.2, 0.25) is 0 Å². The monoisotopic (exact) mass is 579 g/mol. The summed E-state index contributed by atoms with van der Waals surface area (Å²) in [7, 11) is 3.54. The van der Waals surface area contributed by atoms with Crippen LogP contribution in [0.3, 0.4) is 0 Å². The zero-order chi connectivity index (χ0) is 29.9. The summed E-state index contributed by atoms with van der Waals surface area (Å²) in [5.74, 6) is 1.75. The molecule has 1 amide bonds. The highest BCUT2D eigenvalue weighted by Crippen LogP contribution is 2.30. The van der Waals surface area contributed by atoms with Crippen molar-refractivity contribution in [3.05, 3.63) is 94.7 Å². The number of aromatic nitrogens is 4. The van der Waals surface area contributed by atoms with Crippen LogP contribution in [0.15, 0.2) is 77.6 Å². The van der Waals surface area contributed by atoms with E-state index >= 15 is 0 Å². The van der Waals surface area contributed by atoms with E-state index in [0.717, 1.165) is 72.4 Å². The van der Waals surface area contributed by atoms with Gasteiger partial charge in [0.25, 0.3) is 0 Å². The van der Waals surface area contributed by atoms with Crippen LogP contribution in [0.5, 0.6) is 0 Å².